The maximum absolute atomic E-state index is 14.6. The van der Waals surface area contributed by atoms with Crippen molar-refractivity contribution < 1.29 is 39.3 Å². The fourth-order valence-corrected chi connectivity index (χ4v) is 4.46. The summed E-state index contributed by atoms with van der Waals surface area (Å²) in [5.74, 6) is -1.85. The zero-order chi connectivity index (χ0) is 24.0. The molecule has 10 heteroatoms. The third-order valence-electron chi connectivity index (χ3n) is 5.36. The van der Waals surface area contributed by atoms with E-state index in [2.05, 4.69) is 0 Å². The molecule has 0 radical (unpaired) electrons. The molecule has 3 aromatic carbocycles. The van der Waals surface area contributed by atoms with Gasteiger partial charge in [-0.15, -0.1) is 0 Å². The first kappa shape index (κ1) is 23.3. The quantitative estimate of drug-likeness (QED) is 0.257. The summed E-state index contributed by atoms with van der Waals surface area (Å²) in [6.07, 6.45) is -5.55. The molecule has 0 aromatic heterocycles. The van der Waals surface area contributed by atoms with Gasteiger partial charge in [0, 0.05) is 11.6 Å². The van der Waals surface area contributed by atoms with Crippen molar-refractivity contribution >= 4 is 10.1 Å². The number of rotatable bonds is 6. The van der Waals surface area contributed by atoms with Crippen molar-refractivity contribution in [2.45, 2.75) is 29.7 Å². The Labute approximate surface area is 186 Å². The highest BCUT2D eigenvalue weighted by atomic mass is 32.2. The van der Waals surface area contributed by atoms with Crippen LogP contribution in [0.4, 0.5) is 22.0 Å². The Morgan fingerprint density at radius 1 is 0.970 bits per heavy atom. The summed E-state index contributed by atoms with van der Waals surface area (Å²) < 4.78 is 103. The lowest BCUT2D eigenvalue weighted by molar-refractivity contribution is -0.137. The van der Waals surface area contributed by atoms with Crippen molar-refractivity contribution in [1.29, 1.82) is 0 Å². The van der Waals surface area contributed by atoms with E-state index in [0.717, 1.165) is 42.0 Å². The summed E-state index contributed by atoms with van der Waals surface area (Å²) >= 11 is 0. The van der Waals surface area contributed by atoms with Gasteiger partial charge in [-0.25, -0.2) is 8.78 Å². The van der Waals surface area contributed by atoms with E-state index in [-0.39, 0.29) is 16.0 Å². The predicted molar refractivity (Wildman–Crippen MR) is 108 cm³/mol. The monoisotopic (exact) mass is 484 g/mol. The average molecular weight is 484 g/mol. The Morgan fingerprint density at radius 3 is 2.18 bits per heavy atom. The first-order valence-electron chi connectivity index (χ1n) is 9.69. The molecule has 4 rings (SSSR count). The molecule has 1 aliphatic heterocycles. The highest BCUT2D eigenvalue weighted by molar-refractivity contribution is 7.86. The molecular weight excluding hydrogens is 467 g/mol. The first-order valence-corrected chi connectivity index (χ1v) is 11.1. The molecule has 1 heterocycles. The van der Waals surface area contributed by atoms with Crippen LogP contribution in [0.1, 0.15) is 28.4 Å². The van der Waals surface area contributed by atoms with Crippen LogP contribution in [0.5, 0.6) is 0 Å². The zero-order valence-corrected chi connectivity index (χ0v) is 17.9. The topological polar surface area (TPSA) is 55.9 Å². The van der Waals surface area contributed by atoms with Gasteiger partial charge in [0.05, 0.1) is 10.5 Å². The number of halogens is 5. The van der Waals surface area contributed by atoms with Crippen LogP contribution in [-0.2, 0) is 30.8 Å². The van der Waals surface area contributed by atoms with Crippen molar-refractivity contribution in [2.24, 2.45) is 0 Å². The third kappa shape index (κ3) is 4.64. The van der Waals surface area contributed by atoms with E-state index in [1.165, 1.54) is 12.1 Å². The summed E-state index contributed by atoms with van der Waals surface area (Å²) in [5.41, 5.74) is -1.65. The molecular formula is C23H17F5O4S. The Balaban J connectivity index is 1.66. The van der Waals surface area contributed by atoms with Crippen LogP contribution in [0.15, 0.2) is 71.6 Å². The van der Waals surface area contributed by atoms with Crippen LogP contribution < -0.4 is 0 Å². The number of ether oxygens (including phenoxy) is 1. The molecule has 1 aliphatic rings. The van der Waals surface area contributed by atoms with Crippen molar-refractivity contribution in [1.82, 2.24) is 0 Å². The largest absolute Gasteiger partial charge is 0.416 e. The molecule has 0 bridgehead atoms. The van der Waals surface area contributed by atoms with Crippen LogP contribution in [-0.4, -0.2) is 15.0 Å². The fourth-order valence-electron chi connectivity index (χ4n) is 3.52. The van der Waals surface area contributed by atoms with Crippen molar-refractivity contribution in [3.05, 3.63) is 101 Å². The number of benzene rings is 3. The number of hydrogen-bond acceptors (Lipinski definition) is 4. The number of alkyl halides is 3. The molecule has 33 heavy (non-hydrogen) atoms. The summed E-state index contributed by atoms with van der Waals surface area (Å²) in [4.78, 5) is -0.130. The molecule has 0 N–H and O–H groups in total. The number of hydrogen-bond donors (Lipinski definition) is 0. The lowest BCUT2D eigenvalue weighted by Crippen LogP contribution is -2.23. The summed E-state index contributed by atoms with van der Waals surface area (Å²) in [7, 11) is -4.26. The maximum atomic E-state index is 14.6. The van der Waals surface area contributed by atoms with Crippen LogP contribution in [0, 0.1) is 18.6 Å². The van der Waals surface area contributed by atoms with Gasteiger partial charge in [-0.3, -0.25) is 4.18 Å². The van der Waals surface area contributed by atoms with Gasteiger partial charge < -0.3 is 4.74 Å². The normalized spacial score (nSPS) is 20.6. The predicted octanol–water partition coefficient (Wildman–Crippen LogP) is 5.66. The Bertz CT molecular complexity index is 1270. The van der Waals surface area contributed by atoms with Crippen molar-refractivity contribution in [3.63, 3.8) is 0 Å². The minimum Gasteiger partial charge on any atom is -0.353 e. The lowest BCUT2D eigenvalue weighted by Gasteiger charge is -2.16. The Hall–Kier alpha value is -2.82. The number of epoxide rings is 1. The standard InChI is InChI=1S/C23H17F5O4S/c1-14-2-9-18(10-3-14)33(29,30)31-13-22(19-11-8-17(24)12-20(19)25)21(32-22)15-4-6-16(7-5-15)23(26,27)28/h2-12,21H,13H2,1H3. The van der Waals surface area contributed by atoms with Crippen LogP contribution >= 0.6 is 0 Å². The summed E-state index contributed by atoms with van der Waals surface area (Å²) in [5, 5.41) is 0. The molecule has 0 spiro atoms. The van der Waals surface area contributed by atoms with E-state index in [1.807, 2.05) is 0 Å². The molecule has 0 aliphatic carbocycles. The van der Waals surface area contributed by atoms with E-state index < -0.39 is 51.8 Å². The minimum absolute atomic E-state index is 0.130. The van der Waals surface area contributed by atoms with E-state index in [0.29, 0.717) is 6.07 Å². The minimum atomic E-state index is -4.55. The molecule has 4 nitrogen and oxygen atoms in total. The van der Waals surface area contributed by atoms with Gasteiger partial charge in [-0.05, 0) is 42.8 Å². The van der Waals surface area contributed by atoms with E-state index in [9.17, 15) is 30.4 Å². The molecule has 1 saturated heterocycles. The summed E-state index contributed by atoms with van der Waals surface area (Å²) in [6, 6.07) is 12.5. The molecule has 2 unspecified atom stereocenters. The van der Waals surface area contributed by atoms with Gasteiger partial charge in [0.2, 0.25) is 0 Å². The second-order valence-corrected chi connectivity index (χ2v) is 9.28. The molecule has 1 fully saturated rings. The molecule has 0 amide bonds. The van der Waals surface area contributed by atoms with E-state index in [4.69, 9.17) is 8.92 Å². The van der Waals surface area contributed by atoms with Crippen LogP contribution in [0.3, 0.4) is 0 Å². The smallest absolute Gasteiger partial charge is 0.353 e. The molecule has 2 atom stereocenters. The van der Waals surface area contributed by atoms with Gasteiger partial charge in [0.1, 0.15) is 24.3 Å². The SMILES string of the molecule is Cc1ccc(S(=O)(=O)OCC2(c3ccc(F)cc3F)OC2c2ccc(C(F)(F)F)cc2)cc1. The first-order chi connectivity index (χ1) is 15.4. The number of aryl methyl sites for hydroxylation is 1. The van der Waals surface area contributed by atoms with Crippen molar-refractivity contribution in [2.75, 3.05) is 6.61 Å². The van der Waals surface area contributed by atoms with Crippen LogP contribution in [0.25, 0.3) is 0 Å². The van der Waals surface area contributed by atoms with Gasteiger partial charge in [0.25, 0.3) is 10.1 Å². The molecule has 174 valence electrons. The summed E-state index contributed by atoms with van der Waals surface area (Å²) in [6.45, 7) is 1.10. The van der Waals surface area contributed by atoms with Gasteiger partial charge in [0.15, 0.2) is 5.60 Å². The third-order valence-corrected chi connectivity index (χ3v) is 6.64. The fraction of sp³-hybridized carbons (Fsp3) is 0.217. The second-order valence-electron chi connectivity index (χ2n) is 7.66. The van der Waals surface area contributed by atoms with Gasteiger partial charge in [-0.2, -0.15) is 21.6 Å². The van der Waals surface area contributed by atoms with Crippen LogP contribution in [0.2, 0.25) is 0 Å². The highest BCUT2D eigenvalue weighted by Crippen LogP contribution is 2.58. The average Bonchev–Trinajstić information content (AvgIpc) is 3.48. The lowest BCUT2D eigenvalue weighted by atomic mass is 9.91. The van der Waals surface area contributed by atoms with Gasteiger partial charge >= 0.3 is 6.18 Å². The highest BCUT2D eigenvalue weighted by Gasteiger charge is 2.61. The Kier molecular flexibility index (Phi) is 5.80. The van der Waals surface area contributed by atoms with E-state index >= 15 is 0 Å². The zero-order valence-electron chi connectivity index (χ0n) is 17.1. The maximum Gasteiger partial charge on any atom is 0.416 e. The molecule has 3 aromatic rings. The molecule has 0 saturated carbocycles. The van der Waals surface area contributed by atoms with Crippen molar-refractivity contribution in [3.8, 4) is 0 Å². The second kappa shape index (κ2) is 8.19. The van der Waals surface area contributed by atoms with Gasteiger partial charge in [-0.1, -0.05) is 35.9 Å². The Morgan fingerprint density at radius 2 is 1.61 bits per heavy atom. The van der Waals surface area contributed by atoms with E-state index in [1.54, 1.807) is 19.1 Å².